The van der Waals surface area contributed by atoms with Crippen molar-refractivity contribution in [1.82, 2.24) is 10.2 Å². The molecule has 2 amide bonds. The summed E-state index contributed by atoms with van der Waals surface area (Å²) in [4.78, 5) is 25.9. The van der Waals surface area contributed by atoms with Crippen LogP contribution in [-0.4, -0.2) is 45.0 Å². The minimum atomic E-state index is -0.163. The second kappa shape index (κ2) is 8.71. The number of amides is 2. The Balaban J connectivity index is 2.18. The average molecular weight is 421 g/mol. The van der Waals surface area contributed by atoms with Crippen LogP contribution in [0.1, 0.15) is 26.3 Å². The van der Waals surface area contributed by atoms with E-state index in [1.807, 2.05) is 12.1 Å². The number of methoxy groups -OCH3 is 2. The lowest BCUT2D eigenvalue weighted by atomic mass is 10.1. The first-order valence-corrected chi connectivity index (χ1v) is 8.68. The molecule has 0 bridgehead atoms. The zero-order chi connectivity index (χ0) is 19.3. The van der Waals surface area contributed by atoms with Gasteiger partial charge in [-0.25, -0.2) is 0 Å². The smallest absolute Gasteiger partial charge is 0.254 e. The van der Waals surface area contributed by atoms with Gasteiger partial charge in [0.25, 0.3) is 11.8 Å². The minimum Gasteiger partial charge on any atom is -0.495 e. The number of hydrogen-bond acceptors (Lipinski definition) is 4. The maximum atomic E-state index is 12.8. The zero-order valence-electron chi connectivity index (χ0n) is 15.1. The molecule has 0 aliphatic rings. The fourth-order valence-corrected chi connectivity index (χ4v) is 3.02. The van der Waals surface area contributed by atoms with E-state index in [0.29, 0.717) is 33.6 Å². The van der Waals surface area contributed by atoms with Gasteiger partial charge in [-0.3, -0.25) is 9.59 Å². The van der Waals surface area contributed by atoms with Gasteiger partial charge in [-0.1, -0.05) is 12.1 Å². The van der Waals surface area contributed by atoms with Gasteiger partial charge in [0, 0.05) is 31.8 Å². The van der Waals surface area contributed by atoms with E-state index < -0.39 is 0 Å². The number of hydrogen-bond donors (Lipinski definition) is 1. The zero-order valence-corrected chi connectivity index (χ0v) is 16.7. The number of nitrogens with zero attached hydrogens (tertiary/aromatic N) is 1. The summed E-state index contributed by atoms with van der Waals surface area (Å²) < 4.78 is 11.2. The molecule has 7 heteroatoms. The number of rotatable bonds is 6. The Morgan fingerprint density at radius 2 is 1.58 bits per heavy atom. The predicted molar refractivity (Wildman–Crippen MR) is 103 cm³/mol. The van der Waals surface area contributed by atoms with E-state index in [9.17, 15) is 9.59 Å². The largest absolute Gasteiger partial charge is 0.495 e. The molecule has 0 saturated carbocycles. The third kappa shape index (κ3) is 4.35. The lowest BCUT2D eigenvalue weighted by molar-refractivity contribution is 0.0784. The maximum Gasteiger partial charge on any atom is 0.254 e. The van der Waals surface area contributed by atoms with Gasteiger partial charge in [0.1, 0.15) is 16.0 Å². The number of ether oxygens (including phenoxy) is 2. The van der Waals surface area contributed by atoms with Crippen LogP contribution >= 0.6 is 15.9 Å². The molecule has 26 heavy (non-hydrogen) atoms. The molecule has 0 heterocycles. The Bertz CT molecular complexity index is 781. The number of carbonyl (C=O) groups is 2. The normalized spacial score (nSPS) is 10.2. The summed E-state index contributed by atoms with van der Waals surface area (Å²) in [6, 6.07) is 10.5. The molecule has 0 radical (unpaired) electrons. The fourth-order valence-electron chi connectivity index (χ4n) is 2.46. The quantitative estimate of drug-likeness (QED) is 0.779. The van der Waals surface area contributed by atoms with Crippen LogP contribution < -0.4 is 14.8 Å². The van der Waals surface area contributed by atoms with Gasteiger partial charge in [-0.15, -0.1) is 0 Å². The number of carbonyl (C=O) groups excluding carboxylic acids is 2. The highest BCUT2D eigenvalue weighted by molar-refractivity contribution is 9.10. The number of nitrogens with one attached hydrogen (secondary N) is 1. The molecule has 0 fully saturated rings. The predicted octanol–water partition coefficient (Wildman–Crippen LogP) is 3.10. The number of benzene rings is 2. The van der Waals surface area contributed by atoms with E-state index in [4.69, 9.17) is 9.47 Å². The van der Waals surface area contributed by atoms with Crippen molar-refractivity contribution in [2.45, 2.75) is 6.54 Å². The second-order valence-corrected chi connectivity index (χ2v) is 6.43. The average Bonchev–Trinajstić information content (AvgIpc) is 2.67. The molecular formula is C19H21BrN2O4. The van der Waals surface area contributed by atoms with E-state index in [-0.39, 0.29) is 11.8 Å². The van der Waals surface area contributed by atoms with E-state index in [1.165, 1.54) is 14.2 Å². The first kappa shape index (κ1) is 19.8. The second-order valence-electron chi connectivity index (χ2n) is 5.63. The summed E-state index contributed by atoms with van der Waals surface area (Å²) in [5.74, 6) is 0.742. The van der Waals surface area contributed by atoms with Crippen molar-refractivity contribution >= 4 is 27.7 Å². The van der Waals surface area contributed by atoms with Gasteiger partial charge in [0.2, 0.25) is 0 Å². The highest BCUT2D eigenvalue weighted by Gasteiger charge is 2.18. The third-order valence-electron chi connectivity index (χ3n) is 3.90. The summed E-state index contributed by atoms with van der Waals surface area (Å²) >= 11 is 3.39. The van der Waals surface area contributed by atoms with Crippen LogP contribution in [-0.2, 0) is 6.54 Å². The standard InChI is InChI=1S/C19H21BrN2O4/c1-21-18(23)13-7-5-12(6-8-13)11-22(2)19(24)14-9-15(25-3)17(20)16(10-14)26-4/h5-10H,11H2,1-4H3,(H,21,23). The lowest BCUT2D eigenvalue weighted by Crippen LogP contribution is -2.26. The summed E-state index contributed by atoms with van der Waals surface area (Å²) in [5, 5.41) is 2.58. The Hall–Kier alpha value is -2.54. The van der Waals surface area contributed by atoms with Crippen LogP contribution in [0.4, 0.5) is 0 Å². The molecule has 0 aliphatic carbocycles. The van der Waals surface area contributed by atoms with Gasteiger partial charge in [0.15, 0.2) is 0 Å². The van der Waals surface area contributed by atoms with Gasteiger partial charge in [0.05, 0.1) is 14.2 Å². The van der Waals surface area contributed by atoms with Crippen molar-refractivity contribution < 1.29 is 19.1 Å². The van der Waals surface area contributed by atoms with Crippen LogP contribution in [0.25, 0.3) is 0 Å². The Morgan fingerprint density at radius 1 is 1.04 bits per heavy atom. The van der Waals surface area contributed by atoms with Gasteiger partial charge < -0.3 is 19.7 Å². The Labute approximate surface area is 161 Å². The highest BCUT2D eigenvalue weighted by Crippen LogP contribution is 2.35. The molecule has 0 unspecified atom stereocenters. The fraction of sp³-hybridized carbons (Fsp3) is 0.263. The molecule has 0 aliphatic heterocycles. The molecule has 138 valence electrons. The van der Waals surface area contributed by atoms with Crippen molar-refractivity contribution in [1.29, 1.82) is 0 Å². The molecule has 0 aromatic heterocycles. The van der Waals surface area contributed by atoms with Gasteiger partial charge in [-0.2, -0.15) is 0 Å². The van der Waals surface area contributed by atoms with Crippen molar-refractivity contribution in [3.63, 3.8) is 0 Å². The monoisotopic (exact) mass is 420 g/mol. The molecule has 0 atom stereocenters. The van der Waals surface area contributed by atoms with Crippen molar-refractivity contribution in [2.24, 2.45) is 0 Å². The van der Waals surface area contributed by atoms with Crippen LogP contribution in [0.2, 0.25) is 0 Å². The lowest BCUT2D eigenvalue weighted by Gasteiger charge is -2.19. The summed E-state index contributed by atoms with van der Waals surface area (Å²) in [6.45, 7) is 0.410. The minimum absolute atomic E-state index is 0.143. The Kier molecular flexibility index (Phi) is 6.63. The maximum absolute atomic E-state index is 12.8. The van der Waals surface area contributed by atoms with Crippen LogP contribution in [0, 0.1) is 0 Å². The molecule has 2 aromatic rings. The first-order chi connectivity index (χ1) is 12.4. The molecule has 2 rings (SSSR count). The molecule has 6 nitrogen and oxygen atoms in total. The molecule has 1 N–H and O–H groups in total. The van der Waals surface area contributed by atoms with Crippen molar-refractivity contribution in [3.8, 4) is 11.5 Å². The van der Waals surface area contributed by atoms with Crippen LogP contribution in [0.3, 0.4) is 0 Å². The molecular weight excluding hydrogens is 400 g/mol. The van der Waals surface area contributed by atoms with E-state index in [2.05, 4.69) is 21.2 Å². The Morgan fingerprint density at radius 3 is 2.04 bits per heavy atom. The van der Waals surface area contributed by atoms with Gasteiger partial charge in [-0.05, 0) is 45.8 Å². The third-order valence-corrected chi connectivity index (χ3v) is 4.68. The summed E-state index contributed by atoms with van der Waals surface area (Å²) in [7, 11) is 6.37. The van der Waals surface area contributed by atoms with E-state index >= 15 is 0 Å². The van der Waals surface area contributed by atoms with E-state index in [0.717, 1.165) is 5.56 Å². The van der Waals surface area contributed by atoms with Crippen molar-refractivity contribution in [2.75, 3.05) is 28.3 Å². The number of halogens is 1. The molecule has 0 saturated heterocycles. The topological polar surface area (TPSA) is 67.9 Å². The van der Waals surface area contributed by atoms with E-state index in [1.54, 1.807) is 43.3 Å². The van der Waals surface area contributed by atoms with Crippen molar-refractivity contribution in [3.05, 3.63) is 57.6 Å². The SMILES string of the molecule is CNC(=O)c1ccc(CN(C)C(=O)c2cc(OC)c(Br)c(OC)c2)cc1. The van der Waals surface area contributed by atoms with Crippen LogP contribution in [0.5, 0.6) is 11.5 Å². The van der Waals surface area contributed by atoms with Crippen LogP contribution in [0.15, 0.2) is 40.9 Å². The first-order valence-electron chi connectivity index (χ1n) is 7.89. The van der Waals surface area contributed by atoms with Gasteiger partial charge >= 0.3 is 0 Å². The molecule has 2 aromatic carbocycles. The molecule has 0 spiro atoms. The summed E-state index contributed by atoms with van der Waals surface area (Å²) in [6.07, 6.45) is 0. The summed E-state index contributed by atoms with van der Waals surface area (Å²) in [5.41, 5.74) is 1.96. The highest BCUT2D eigenvalue weighted by atomic mass is 79.9.